The van der Waals surface area contributed by atoms with E-state index in [4.69, 9.17) is 5.73 Å². The Morgan fingerprint density at radius 1 is 1.00 bits per heavy atom. The van der Waals surface area contributed by atoms with Gasteiger partial charge in [-0.2, -0.15) is 0 Å². The summed E-state index contributed by atoms with van der Waals surface area (Å²) in [4.78, 5) is 2.58. The van der Waals surface area contributed by atoms with Gasteiger partial charge in [0.15, 0.2) is 0 Å². The van der Waals surface area contributed by atoms with Crippen LogP contribution >= 0.6 is 0 Å². The Bertz CT molecular complexity index is 166. The number of rotatable bonds is 0. The molecular formula is C9H16N2. The van der Waals surface area contributed by atoms with Crippen LogP contribution in [0.15, 0.2) is 0 Å². The molecule has 2 nitrogen and oxygen atoms in total. The van der Waals surface area contributed by atoms with E-state index < -0.39 is 0 Å². The fraction of sp³-hybridized carbons (Fsp3) is 1.00. The van der Waals surface area contributed by atoms with E-state index in [2.05, 4.69) is 4.90 Å². The highest BCUT2D eigenvalue weighted by Gasteiger charge is 2.48. The maximum atomic E-state index is 6.10. The molecule has 4 bridgehead atoms. The molecule has 1 aliphatic carbocycles. The van der Waals surface area contributed by atoms with Crippen LogP contribution in [0.2, 0.25) is 0 Å². The second-order valence-electron chi connectivity index (χ2n) is 4.56. The van der Waals surface area contributed by atoms with Gasteiger partial charge in [-0.05, 0) is 30.6 Å². The van der Waals surface area contributed by atoms with Gasteiger partial charge >= 0.3 is 0 Å². The lowest BCUT2D eigenvalue weighted by Gasteiger charge is -2.48. The van der Waals surface area contributed by atoms with Crippen LogP contribution in [0.5, 0.6) is 0 Å². The second kappa shape index (κ2) is 1.99. The Hall–Kier alpha value is -0.0800. The lowest BCUT2D eigenvalue weighted by atomic mass is 9.76. The average Bonchev–Trinajstić information content (AvgIpc) is 2.27. The molecule has 0 radical (unpaired) electrons. The Labute approximate surface area is 67.7 Å². The van der Waals surface area contributed by atoms with E-state index in [1.54, 1.807) is 0 Å². The Morgan fingerprint density at radius 3 is 2.09 bits per heavy atom. The van der Waals surface area contributed by atoms with Crippen molar-refractivity contribution in [1.82, 2.24) is 4.90 Å². The third-order valence-electron chi connectivity index (χ3n) is 3.95. The molecule has 0 aromatic heterocycles. The van der Waals surface area contributed by atoms with Gasteiger partial charge in [0.1, 0.15) is 0 Å². The van der Waals surface area contributed by atoms with Crippen molar-refractivity contribution in [3.8, 4) is 0 Å². The van der Waals surface area contributed by atoms with Crippen molar-refractivity contribution < 1.29 is 0 Å². The van der Waals surface area contributed by atoms with Gasteiger partial charge < -0.3 is 10.6 Å². The van der Waals surface area contributed by atoms with Gasteiger partial charge in [-0.25, -0.2) is 0 Å². The highest BCUT2D eigenvalue weighted by atomic mass is 15.2. The average molecular weight is 152 g/mol. The third kappa shape index (κ3) is 0.744. The van der Waals surface area contributed by atoms with Crippen molar-refractivity contribution in [2.45, 2.75) is 18.9 Å². The van der Waals surface area contributed by atoms with Crippen LogP contribution in [-0.2, 0) is 0 Å². The molecule has 11 heavy (non-hydrogen) atoms. The van der Waals surface area contributed by atoms with Crippen molar-refractivity contribution in [2.75, 3.05) is 19.6 Å². The molecule has 3 unspecified atom stereocenters. The molecule has 4 fully saturated rings. The highest BCUT2D eigenvalue weighted by Crippen LogP contribution is 2.46. The van der Waals surface area contributed by atoms with Gasteiger partial charge in [-0.15, -0.1) is 0 Å². The third-order valence-corrected chi connectivity index (χ3v) is 3.95. The van der Waals surface area contributed by atoms with Crippen LogP contribution in [0.1, 0.15) is 12.8 Å². The zero-order valence-corrected chi connectivity index (χ0v) is 6.87. The largest absolute Gasteiger partial charge is 0.326 e. The maximum Gasteiger partial charge on any atom is 0.0202 e. The van der Waals surface area contributed by atoms with Gasteiger partial charge in [0.25, 0.3) is 0 Å². The number of hydrogen-bond acceptors (Lipinski definition) is 2. The summed E-state index contributed by atoms with van der Waals surface area (Å²) in [6, 6.07) is 0.509. The topological polar surface area (TPSA) is 29.3 Å². The van der Waals surface area contributed by atoms with Crippen molar-refractivity contribution in [3.05, 3.63) is 0 Å². The van der Waals surface area contributed by atoms with Crippen LogP contribution < -0.4 is 5.73 Å². The first-order valence-electron chi connectivity index (χ1n) is 4.82. The van der Waals surface area contributed by atoms with E-state index in [1.165, 1.54) is 32.5 Å². The summed E-state index contributed by atoms with van der Waals surface area (Å²) in [5, 5.41) is 0. The van der Waals surface area contributed by atoms with Crippen molar-refractivity contribution in [2.24, 2.45) is 23.5 Å². The first-order chi connectivity index (χ1) is 5.34. The SMILES string of the molecule is NC1CN2CC3CCC(C2)C13. The van der Waals surface area contributed by atoms with Crippen molar-refractivity contribution >= 4 is 0 Å². The monoisotopic (exact) mass is 152 g/mol. The van der Waals surface area contributed by atoms with Gasteiger partial charge in [-0.1, -0.05) is 0 Å². The van der Waals surface area contributed by atoms with Crippen molar-refractivity contribution in [1.29, 1.82) is 0 Å². The molecule has 0 amide bonds. The molecule has 3 aliphatic heterocycles. The summed E-state index contributed by atoms with van der Waals surface area (Å²) < 4.78 is 0. The molecule has 4 rings (SSSR count). The molecular weight excluding hydrogens is 136 g/mol. The number of nitrogens with zero attached hydrogens (tertiary/aromatic N) is 1. The molecule has 2 heteroatoms. The van der Waals surface area contributed by atoms with Crippen LogP contribution in [-0.4, -0.2) is 30.6 Å². The van der Waals surface area contributed by atoms with Crippen molar-refractivity contribution in [3.63, 3.8) is 0 Å². The van der Waals surface area contributed by atoms with E-state index in [0.717, 1.165) is 17.8 Å². The molecule has 0 aromatic carbocycles. The first kappa shape index (κ1) is 6.44. The normalized spacial score (nSPS) is 60.3. The van der Waals surface area contributed by atoms with E-state index in [-0.39, 0.29) is 0 Å². The Balaban J connectivity index is 1.95. The minimum absolute atomic E-state index is 0.509. The quantitative estimate of drug-likeness (QED) is 0.540. The minimum atomic E-state index is 0.509. The fourth-order valence-corrected chi connectivity index (χ4v) is 3.63. The summed E-state index contributed by atoms with van der Waals surface area (Å²) >= 11 is 0. The van der Waals surface area contributed by atoms with Crippen LogP contribution in [0, 0.1) is 17.8 Å². The maximum absolute atomic E-state index is 6.10. The highest BCUT2D eigenvalue weighted by molar-refractivity contribution is 5.02. The van der Waals surface area contributed by atoms with Gasteiger partial charge in [0.2, 0.25) is 0 Å². The van der Waals surface area contributed by atoms with Gasteiger partial charge in [0, 0.05) is 25.7 Å². The summed E-state index contributed by atoms with van der Waals surface area (Å²) in [5.41, 5.74) is 6.10. The zero-order valence-electron chi connectivity index (χ0n) is 6.87. The molecule has 4 aliphatic rings. The zero-order chi connectivity index (χ0) is 7.42. The summed E-state index contributed by atoms with van der Waals surface area (Å²) in [6.45, 7) is 3.89. The number of nitrogens with two attached hydrogens (primary N) is 1. The summed E-state index contributed by atoms with van der Waals surface area (Å²) in [7, 11) is 0. The molecule has 62 valence electrons. The summed E-state index contributed by atoms with van der Waals surface area (Å²) in [6.07, 6.45) is 2.92. The molecule has 3 atom stereocenters. The predicted octanol–water partition coefficient (Wildman–Crippen LogP) is 0.285. The van der Waals surface area contributed by atoms with Crippen LogP contribution in [0.4, 0.5) is 0 Å². The molecule has 3 heterocycles. The molecule has 1 saturated carbocycles. The second-order valence-corrected chi connectivity index (χ2v) is 4.56. The molecule has 2 N–H and O–H groups in total. The fourth-order valence-electron chi connectivity index (χ4n) is 3.63. The number of piperidine rings is 3. The molecule has 3 saturated heterocycles. The van der Waals surface area contributed by atoms with Crippen LogP contribution in [0.25, 0.3) is 0 Å². The number of fused-ring (bicyclic) bond motifs is 1. The predicted molar refractivity (Wildman–Crippen MR) is 44.1 cm³/mol. The number of hydrogen-bond donors (Lipinski definition) is 1. The lowest BCUT2D eigenvalue weighted by Crippen LogP contribution is -2.59. The summed E-state index contributed by atoms with van der Waals surface area (Å²) in [5.74, 6) is 2.84. The Morgan fingerprint density at radius 2 is 1.64 bits per heavy atom. The van der Waals surface area contributed by atoms with Gasteiger partial charge in [-0.3, -0.25) is 0 Å². The Kier molecular flexibility index (Phi) is 1.16. The first-order valence-corrected chi connectivity index (χ1v) is 4.82. The lowest BCUT2D eigenvalue weighted by molar-refractivity contribution is 0.0226. The molecule has 0 spiro atoms. The minimum Gasteiger partial charge on any atom is -0.326 e. The smallest absolute Gasteiger partial charge is 0.0202 e. The molecule has 0 aromatic rings. The van der Waals surface area contributed by atoms with Gasteiger partial charge in [0.05, 0.1) is 0 Å². The van der Waals surface area contributed by atoms with E-state index in [9.17, 15) is 0 Å². The standard InChI is InChI=1S/C9H16N2/c10-8-5-11-3-6-1-2-7(4-11)9(6)8/h6-9H,1-5,10H2. The van der Waals surface area contributed by atoms with Crippen LogP contribution in [0.3, 0.4) is 0 Å². The van der Waals surface area contributed by atoms with E-state index in [1.807, 2.05) is 0 Å². The van der Waals surface area contributed by atoms with E-state index >= 15 is 0 Å². The van der Waals surface area contributed by atoms with E-state index in [0.29, 0.717) is 6.04 Å².